The number of rotatable bonds is 6. The molecule has 0 unspecified atom stereocenters. The van der Waals surface area contributed by atoms with E-state index in [9.17, 15) is 14.0 Å². The molecule has 0 bridgehead atoms. The minimum atomic E-state index is -0.630. The second-order valence-electron chi connectivity index (χ2n) is 5.94. The molecule has 1 aliphatic rings. The summed E-state index contributed by atoms with van der Waals surface area (Å²) in [5.41, 5.74) is 1.94. The summed E-state index contributed by atoms with van der Waals surface area (Å²) >= 11 is 0. The predicted octanol–water partition coefficient (Wildman–Crippen LogP) is 2.72. The Morgan fingerprint density at radius 3 is 2.81 bits per heavy atom. The lowest BCUT2D eigenvalue weighted by Gasteiger charge is -2.16. The molecule has 26 heavy (non-hydrogen) atoms. The number of hydrogen-bond acceptors (Lipinski definition) is 3. The Balaban J connectivity index is 1.83. The van der Waals surface area contributed by atoms with Crippen LogP contribution in [0.4, 0.5) is 20.6 Å². The van der Waals surface area contributed by atoms with E-state index < -0.39 is 11.7 Å². The van der Waals surface area contributed by atoms with Crippen molar-refractivity contribution in [1.29, 1.82) is 0 Å². The Labute approximate surface area is 151 Å². The number of benzene rings is 2. The Morgan fingerprint density at radius 1 is 1.27 bits per heavy atom. The standard InChI is InChI=1S/C19H21FN4O2/c1-2-21-12-13-5-3-4-6-17(13)23-18(25)15-11-14(7-8-16(15)20)24-10-9-22-19(24)26/h3-8,11,21H,2,9-10,12H2,1H3,(H,22,26)(H,23,25). The monoisotopic (exact) mass is 356 g/mol. The molecular formula is C19H21FN4O2. The van der Waals surface area contributed by atoms with Crippen molar-refractivity contribution in [3.05, 3.63) is 59.4 Å². The topological polar surface area (TPSA) is 73.5 Å². The number of carbonyl (C=O) groups excluding carboxylic acids is 2. The highest BCUT2D eigenvalue weighted by Gasteiger charge is 2.23. The first-order valence-electron chi connectivity index (χ1n) is 8.55. The van der Waals surface area contributed by atoms with Crippen LogP contribution in [0.25, 0.3) is 0 Å². The second kappa shape index (κ2) is 7.97. The summed E-state index contributed by atoms with van der Waals surface area (Å²) in [7, 11) is 0. The number of anilines is 2. The normalized spacial score (nSPS) is 13.6. The van der Waals surface area contributed by atoms with E-state index in [-0.39, 0.29) is 11.6 Å². The van der Waals surface area contributed by atoms with Crippen molar-refractivity contribution in [2.45, 2.75) is 13.5 Å². The highest BCUT2D eigenvalue weighted by atomic mass is 19.1. The van der Waals surface area contributed by atoms with Crippen LogP contribution in [0.3, 0.4) is 0 Å². The van der Waals surface area contributed by atoms with Crippen LogP contribution in [-0.4, -0.2) is 31.6 Å². The smallest absolute Gasteiger partial charge is 0.321 e. The molecule has 0 radical (unpaired) electrons. The number of nitrogens with one attached hydrogen (secondary N) is 3. The van der Waals surface area contributed by atoms with Gasteiger partial charge in [0, 0.05) is 31.0 Å². The molecule has 1 heterocycles. The molecule has 3 rings (SSSR count). The molecule has 0 aromatic heterocycles. The Morgan fingerprint density at radius 2 is 2.08 bits per heavy atom. The average molecular weight is 356 g/mol. The molecule has 136 valence electrons. The van der Waals surface area contributed by atoms with Crippen molar-refractivity contribution in [3.8, 4) is 0 Å². The van der Waals surface area contributed by atoms with E-state index in [1.807, 2.05) is 25.1 Å². The highest BCUT2D eigenvalue weighted by Crippen LogP contribution is 2.22. The maximum Gasteiger partial charge on any atom is 0.321 e. The molecular weight excluding hydrogens is 335 g/mol. The summed E-state index contributed by atoms with van der Waals surface area (Å²) in [6.45, 7) is 4.41. The van der Waals surface area contributed by atoms with Crippen LogP contribution < -0.4 is 20.9 Å². The van der Waals surface area contributed by atoms with Gasteiger partial charge in [-0.3, -0.25) is 9.69 Å². The van der Waals surface area contributed by atoms with Crippen LogP contribution in [0.15, 0.2) is 42.5 Å². The minimum absolute atomic E-state index is 0.0968. The van der Waals surface area contributed by atoms with Crippen LogP contribution in [0.2, 0.25) is 0 Å². The van der Waals surface area contributed by atoms with Crippen molar-refractivity contribution >= 4 is 23.3 Å². The Hall–Kier alpha value is -2.93. The zero-order valence-electron chi connectivity index (χ0n) is 14.5. The predicted molar refractivity (Wildman–Crippen MR) is 98.9 cm³/mol. The lowest BCUT2D eigenvalue weighted by atomic mass is 10.1. The van der Waals surface area contributed by atoms with E-state index in [1.54, 1.807) is 6.07 Å². The SMILES string of the molecule is CCNCc1ccccc1NC(=O)c1cc(N2CCNC2=O)ccc1F. The third-order valence-corrected chi connectivity index (χ3v) is 4.19. The quantitative estimate of drug-likeness (QED) is 0.745. The van der Waals surface area contributed by atoms with Crippen LogP contribution in [0, 0.1) is 5.82 Å². The van der Waals surface area contributed by atoms with E-state index in [2.05, 4.69) is 16.0 Å². The van der Waals surface area contributed by atoms with E-state index >= 15 is 0 Å². The fourth-order valence-corrected chi connectivity index (χ4v) is 2.82. The summed E-state index contributed by atoms with van der Waals surface area (Å²) in [4.78, 5) is 25.9. The van der Waals surface area contributed by atoms with E-state index in [0.717, 1.165) is 12.1 Å². The molecule has 2 aromatic rings. The molecule has 1 aliphatic heterocycles. The first-order valence-corrected chi connectivity index (χ1v) is 8.55. The van der Waals surface area contributed by atoms with Gasteiger partial charge in [-0.2, -0.15) is 0 Å². The fourth-order valence-electron chi connectivity index (χ4n) is 2.82. The van der Waals surface area contributed by atoms with Crippen molar-refractivity contribution in [1.82, 2.24) is 10.6 Å². The third kappa shape index (κ3) is 3.83. The summed E-state index contributed by atoms with van der Waals surface area (Å²) < 4.78 is 14.2. The number of urea groups is 1. The molecule has 3 N–H and O–H groups in total. The van der Waals surface area contributed by atoms with Gasteiger partial charge in [-0.1, -0.05) is 25.1 Å². The van der Waals surface area contributed by atoms with Crippen LogP contribution >= 0.6 is 0 Å². The molecule has 0 spiro atoms. The largest absolute Gasteiger partial charge is 0.336 e. The van der Waals surface area contributed by atoms with Crippen LogP contribution in [-0.2, 0) is 6.54 Å². The van der Waals surface area contributed by atoms with Gasteiger partial charge < -0.3 is 16.0 Å². The van der Waals surface area contributed by atoms with Crippen molar-refractivity contribution in [2.24, 2.45) is 0 Å². The van der Waals surface area contributed by atoms with Gasteiger partial charge in [-0.15, -0.1) is 0 Å². The Kier molecular flexibility index (Phi) is 5.48. The fraction of sp³-hybridized carbons (Fsp3) is 0.263. The van der Waals surface area contributed by atoms with Gasteiger partial charge in [0.05, 0.1) is 5.56 Å². The maximum absolute atomic E-state index is 14.2. The summed E-state index contributed by atoms with van der Waals surface area (Å²) in [6, 6.07) is 11.2. The lowest BCUT2D eigenvalue weighted by molar-refractivity contribution is 0.102. The molecule has 7 heteroatoms. The van der Waals surface area contributed by atoms with Crippen molar-refractivity contribution in [3.63, 3.8) is 0 Å². The maximum atomic E-state index is 14.2. The van der Waals surface area contributed by atoms with Crippen molar-refractivity contribution in [2.75, 3.05) is 29.9 Å². The zero-order valence-corrected chi connectivity index (χ0v) is 14.5. The highest BCUT2D eigenvalue weighted by molar-refractivity contribution is 6.06. The lowest BCUT2D eigenvalue weighted by Crippen LogP contribution is -2.28. The van der Waals surface area contributed by atoms with Gasteiger partial charge >= 0.3 is 6.03 Å². The van der Waals surface area contributed by atoms with Gasteiger partial charge in [0.1, 0.15) is 5.82 Å². The Bertz CT molecular complexity index is 825. The summed E-state index contributed by atoms with van der Waals surface area (Å²) in [5, 5.41) is 8.66. The number of halogens is 1. The molecule has 0 aliphatic carbocycles. The molecule has 0 saturated carbocycles. The molecule has 0 atom stereocenters. The zero-order chi connectivity index (χ0) is 18.5. The van der Waals surface area contributed by atoms with E-state index in [4.69, 9.17) is 0 Å². The molecule has 1 saturated heterocycles. The van der Waals surface area contributed by atoms with Gasteiger partial charge in [0.2, 0.25) is 0 Å². The average Bonchev–Trinajstić information content (AvgIpc) is 3.07. The van der Waals surface area contributed by atoms with Crippen molar-refractivity contribution < 1.29 is 14.0 Å². The first kappa shape index (κ1) is 17.9. The van der Waals surface area contributed by atoms with E-state index in [1.165, 1.54) is 23.1 Å². The van der Waals surface area contributed by atoms with Crippen LogP contribution in [0.5, 0.6) is 0 Å². The number of amides is 3. The molecule has 1 fully saturated rings. The minimum Gasteiger partial charge on any atom is -0.336 e. The molecule has 2 aromatic carbocycles. The second-order valence-corrected chi connectivity index (χ2v) is 5.94. The molecule has 6 nitrogen and oxygen atoms in total. The van der Waals surface area contributed by atoms with Gasteiger partial charge in [0.25, 0.3) is 5.91 Å². The first-order chi connectivity index (χ1) is 12.6. The summed E-state index contributed by atoms with van der Waals surface area (Å²) in [6.07, 6.45) is 0. The summed E-state index contributed by atoms with van der Waals surface area (Å²) in [5.74, 6) is -1.18. The van der Waals surface area contributed by atoms with Gasteiger partial charge in [-0.05, 0) is 36.4 Å². The van der Waals surface area contributed by atoms with Crippen LogP contribution in [0.1, 0.15) is 22.8 Å². The number of para-hydroxylation sites is 1. The number of carbonyl (C=O) groups is 2. The molecule has 3 amide bonds. The number of nitrogens with zero attached hydrogens (tertiary/aromatic N) is 1. The number of hydrogen-bond donors (Lipinski definition) is 3. The third-order valence-electron chi connectivity index (χ3n) is 4.19. The van der Waals surface area contributed by atoms with Gasteiger partial charge in [0.15, 0.2) is 0 Å². The van der Waals surface area contributed by atoms with E-state index in [0.29, 0.717) is 31.0 Å². The van der Waals surface area contributed by atoms with Gasteiger partial charge in [-0.25, -0.2) is 9.18 Å².